The van der Waals surface area contributed by atoms with Crippen molar-refractivity contribution in [1.29, 1.82) is 0 Å². The van der Waals surface area contributed by atoms with Crippen molar-refractivity contribution in [3.63, 3.8) is 0 Å². The molecule has 4 nitrogen and oxygen atoms in total. The van der Waals surface area contributed by atoms with Crippen LogP contribution in [-0.4, -0.2) is 27.0 Å². The molecule has 0 saturated heterocycles. The topological polar surface area (TPSA) is 47.8 Å². The number of Topliss-reactive ketones (excluding diaryl/α,β-unsaturated/α-hetero) is 1. The molecular formula is C12H10F3N3O. The highest BCUT2D eigenvalue weighted by Crippen LogP contribution is 2.20. The maximum absolute atomic E-state index is 12.2. The van der Waals surface area contributed by atoms with Gasteiger partial charge in [-0.25, -0.2) is 4.68 Å². The number of hydrogen-bond acceptors (Lipinski definition) is 3. The van der Waals surface area contributed by atoms with Crippen LogP contribution >= 0.6 is 0 Å². The predicted octanol–water partition coefficient (Wildman–Crippen LogP) is 2.38. The fraction of sp³-hybridized carbons (Fsp3) is 0.250. The lowest BCUT2D eigenvalue weighted by atomic mass is 10.1. The molecule has 0 bridgehead atoms. The third-order valence-corrected chi connectivity index (χ3v) is 2.46. The first kappa shape index (κ1) is 13.3. The number of rotatable bonds is 3. The van der Waals surface area contributed by atoms with Gasteiger partial charge < -0.3 is 0 Å². The molecule has 0 saturated carbocycles. The van der Waals surface area contributed by atoms with Gasteiger partial charge in [0.05, 0.1) is 12.7 Å². The molecule has 100 valence electrons. The van der Waals surface area contributed by atoms with Gasteiger partial charge in [0.2, 0.25) is 0 Å². The van der Waals surface area contributed by atoms with Crippen LogP contribution in [0.3, 0.4) is 0 Å². The largest absolute Gasteiger partial charge is 0.456 e. The number of ketones is 1. The first-order valence-electron chi connectivity index (χ1n) is 5.43. The molecular weight excluding hydrogens is 259 g/mol. The number of hydrogen-bond donors (Lipinski definition) is 0. The summed E-state index contributed by atoms with van der Waals surface area (Å²) in [5.74, 6) is -1.98. The minimum Gasteiger partial charge on any atom is -0.282 e. The summed E-state index contributed by atoms with van der Waals surface area (Å²) >= 11 is 0. The van der Waals surface area contributed by atoms with E-state index in [1.165, 1.54) is 4.68 Å². The molecule has 1 heterocycles. The van der Waals surface area contributed by atoms with Gasteiger partial charge in [0.15, 0.2) is 5.69 Å². The zero-order chi connectivity index (χ0) is 14.0. The fourth-order valence-corrected chi connectivity index (χ4v) is 1.62. The number of halogens is 3. The average Bonchev–Trinajstić information content (AvgIpc) is 2.75. The molecule has 1 aromatic heterocycles. The van der Waals surface area contributed by atoms with Crippen LogP contribution in [0, 0.1) is 6.92 Å². The number of aryl methyl sites for hydroxylation is 1. The van der Waals surface area contributed by atoms with Crippen molar-refractivity contribution in [3.8, 4) is 0 Å². The van der Waals surface area contributed by atoms with Crippen molar-refractivity contribution >= 4 is 5.78 Å². The Kier molecular flexibility index (Phi) is 3.37. The Labute approximate surface area is 106 Å². The minimum atomic E-state index is -4.93. The molecule has 0 fully saturated rings. The number of nitrogens with zero attached hydrogens (tertiary/aromatic N) is 3. The zero-order valence-corrected chi connectivity index (χ0v) is 9.98. The van der Waals surface area contributed by atoms with Crippen LogP contribution in [0.4, 0.5) is 13.2 Å². The summed E-state index contributed by atoms with van der Waals surface area (Å²) < 4.78 is 37.8. The monoisotopic (exact) mass is 269 g/mol. The Morgan fingerprint density at radius 2 is 2.11 bits per heavy atom. The van der Waals surface area contributed by atoms with E-state index in [1.807, 2.05) is 31.2 Å². The lowest BCUT2D eigenvalue weighted by molar-refractivity contribution is -0.0888. The number of carbonyl (C=O) groups excluding carboxylic acids is 1. The van der Waals surface area contributed by atoms with Crippen molar-refractivity contribution in [3.05, 3.63) is 47.3 Å². The van der Waals surface area contributed by atoms with Gasteiger partial charge in [-0.15, -0.1) is 5.10 Å². The van der Waals surface area contributed by atoms with Crippen LogP contribution in [0.25, 0.3) is 0 Å². The standard InChI is InChI=1S/C12H10F3N3O/c1-8-3-2-4-9(5-8)6-18-7-10(16-17-18)11(19)12(13,14)15/h2-5,7H,6H2,1H3. The zero-order valence-electron chi connectivity index (χ0n) is 9.98. The van der Waals surface area contributed by atoms with E-state index >= 15 is 0 Å². The molecule has 2 aromatic rings. The Morgan fingerprint density at radius 1 is 1.37 bits per heavy atom. The fourth-order valence-electron chi connectivity index (χ4n) is 1.62. The van der Waals surface area contributed by atoms with Crippen LogP contribution in [-0.2, 0) is 6.54 Å². The molecule has 0 aliphatic rings. The summed E-state index contributed by atoms with van der Waals surface area (Å²) in [6, 6.07) is 7.44. The van der Waals surface area contributed by atoms with Gasteiger partial charge in [0.25, 0.3) is 5.78 Å². The molecule has 0 amide bonds. The van der Waals surface area contributed by atoms with Gasteiger partial charge in [0, 0.05) is 0 Å². The summed E-state index contributed by atoms with van der Waals surface area (Å²) in [5.41, 5.74) is 1.21. The normalized spacial score (nSPS) is 11.6. The van der Waals surface area contributed by atoms with Gasteiger partial charge >= 0.3 is 6.18 Å². The molecule has 0 aliphatic carbocycles. The number of aromatic nitrogens is 3. The predicted molar refractivity (Wildman–Crippen MR) is 60.7 cm³/mol. The van der Waals surface area contributed by atoms with Gasteiger partial charge in [-0.3, -0.25) is 4.79 Å². The van der Waals surface area contributed by atoms with Crippen molar-refractivity contribution in [2.45, 2.75) is 19.6 Å². The Morgan fingerprint density at radius 3 is 2.74 bits per heavy atom. The first-order valence-corrected chi connectivity index (χ1v) is 5.43. The summed E-state index contributed by atoms with van der Waals surface area (Å²) in [4.78, 5) is 10.9. The van der Waals surface area contributed by atoms with Gasteiger partial charge in [-0.05, 0) is 12.5 Å². The molecule has 0 radical (unpaired) electrons. The molecule has 1 aromatic carbocycles. The summed E-state index contributed by atoms with van der Waals surface area (Å²) in [6.45, 7) is 2.17. The molecule has 2 rings (SSSR count). The van der Waals surface area contributed by atoms with E-state index in [4.69, 9.17) is 0 Å². The first-order chi connectivity index (χ1) is 8.86. The van der Waals surface area contributed by atoms with Crippen molar-refractivity contribution < 1.29 is 18.0 Å². The quantitative estimate of drug-likeness (QED) is 0.804. The molecule has 7 heteroatoms. The Hall–Kier alpha value is -2.18. The van der Waals surface area contributed by atoms with Gasteiger partial charge in [-0.2, -0.15) is 13.2 Å². The molecule has 0 spiro atoms. The van der Waals surface area contributed by atoms with E-state index in [-0.39, 0.29) is 6.54 Å². The molecule has 19 heavy (non-hydrogen) atoms. The molecule has 0 N–H and O–H groups in total. The minimum absolute atomic E-state index is 0.264. The van der Waals surface area contributed by atoms with Crippen LogP contribution in [0.5, 0.6) is 0 Å². The van der Waals surface area contributed by atoms with Crippen LogP contribution < -0.4 is 0 Å². The summed E-state index contributed by atoms with van der Waals surface area (Å²) in [5, 5.41) is 6.77. The van der Waals surface area contributed by atoms with E-state index in [0.29, 0.717) is 0 Å². The highest BCUT2D eigenvalue weighted by molar-refractivity contribution is 5.98. The second-order valence-electron chi connectivity index (χ2n) is 4.12. The van der Waals surface area contributed by atoms with Gasteiger partial charge in [-0.1, -0.05) is 35.0 Å². The summed E-state index contributed by atoms with van der Waals surface area (Å²) in [7, 11) is 0. The van der Waals surface area contributed by atoms with Crippen molar-refractivity contribution in [2.24, 2.45) is 0 Å². The summed E-state index contributed by atoms with van der Waals surface area (Å²) in [6.07, 6.45) is -3.93. The smallest absolute Gasteiger partial charge is 0.282 e. The second-order valence-corrected chi connectivity index (χ2v) is 4.12. The maximum atomic E-state index is 12.2. The van der Waals surface area contributed by atoms with E-state index in [0.717, 1.165) is 17.3 Å². The molecule has 0 aliphatic heterocycles. The SMILES string of the molecule is Cc1cccc(Cn2cc(C(=O)C(F)(F)F)nn2)c1. The van der Waals surface area contributed by atoms with Crippen LogP contribution in [0.2, 0.25) is 0 Å². The van der Waals surface area contributed by atoms with Crippen molar-refractivity contribution in [2.75, 3.05) is 0 Å². The highest BCUT2D eigenvalue weighted by Gasteiger charge is 2.41. The van der Waals surface area contributed by atoms with E-state index < -0.39 is 17.7 Å². The van der Waals surface area contributed by atoms with E-state index in [9.17, 15) is 18.0 Å². The van der Waals surface area contributed by atoms with Crippen LogP contribution in [0.15, 0.2) is 30.5 Å². The lowest BCUT2D eigenvalue weighted by Gasteiger charge is -2.02. The third-order valence-electron chi connectivity index (χ3n) is 2.46. The number of carbonyl (C=O) groups is 1. The second kappa shape index (κ2) is 4.83. The Balaban J connectivity index is 2.16. The maximum Gasteiger partial charge on any atom is 0.456 e. The highest BCUT2D eigenvalue weighted by atomic mass is 19.4. The number of alkyl halides is 3. The lowest BCUT2D eigenvalue weighted by Crippen LogP contribution is -2.23. The molecule has 0 atom stereocenters. The third kappa shape index (κ3) is 3.18. The molecule has 0 unspecified atom stereocenters. The average molecular weight is 269 g/mol. The van der Waals surface area contributed by atoms with E-state index in [2.05, 4.69) is 10.3 Å². The number of benzene rings is 1. The Bertz CT molecular complexity index is 604. The van der Waals surface area contributed by atoms with Crippen molar-refractivity contribution in [1.82, 2.24) is 15.0 Å². The van der Waals surface area contributed by atoms with E-state index in [1.54, 1.807) is 0 Å². The van der Waals surface area contributed by atoms with Crippen LogP contribution in [0.1, 0.15) is 21.6 Å². The van der Waals surface area contributed by atoms with Gasteiger partial charge in [0.1, 0.15) is 0 Å².